The molecule has 1 fully saturated rings. The second kappa shape index (κ2) is 5.98. The van der Waals surface area contributed by atoms with E-state index in [4.69, 9.17) is 33.7 Å². The lowest BCUT2D eigenvalue weighted by Gasteiger charge is -2.45. The van der Waals surface area contributed by atoms with Gasteiger partial charge in [0.05, 0.1) is 22.8 Å². The maximum atomic E-state index is 6.06. The fraction of sp³-hybridized carbons (Fsp3) is 0.571. The summed E-state index contributed by atoms with van der Waals surface area (Å²) in [5.41, 5.74) is 6.85. The molecule has 2 rings (SSSR count). The van der Waals surface area contributed by atoms with Crippen LogP contribution >= 0.6 is 23.2 Å². The van der Waals surface area contributed by atoms with Crippen LogP contribution < -0.4 is 5.73 Å². The van der Waals surface area contributed by atoms with Crippen LogP contribution in [0, 0.1) is 0 Å². The Labute approximate surface area is 124 Å². The molecule has 1 aromatic carbocycles. The van der Waals surface area contributed by atoms with E-state index >= 15 is 0 Å². The number of halogens is 2. The van der Waals surface area contributed by atoms with Gasteiger partial charge in [0.15, 0.2) is 0 Å². The molecule has 1 aromatic rings. The molecule has 0 amide bonds. The third-order valence-corrected chi connectivity index (χ3v) is 4.31. The zero-order valence-corrected chi connectivity index (χ0v) is 12.8. The lowest BCUT2D eigenvalue weighted by atomic mass is 9.99. The van der Waals surface area contributed by atoms with Crippen molar-refractivity contribution in [3.05, 3.63) is 33.8 Å². The molecule has 3 nitrogen and oxygen atoms in total. The molecule has 1 unspecified atom stereocenters. The molecule has 106 valence electrons. The van der Waals surface area contributed by atoms with Gasteiger partial charge in [0.25, 0.3) is 0 Å². The highest BCUT2D eigenvalue weighted by Crippen LogP contribution is 2.27. The van der Waals surface area contributed by atoms with E-state index < -0.39 is 0 Å². The number of benzene rings is 1. The van der Waals surface area contributed by atoms with Crippen LogP contribution in [-0.2, 0) is 11.3 Å². The first-order valence-corrected chi connectivity index (χ1v) is 7.18. The van der Waals surface area contributed by atoms with Gasteiger partial charge in [-0.25, -0.2) is 0 Å². The van der Waals surface area contributed by atoms with Crippen molar-refractivity contribution in [3.63, 3.8) is 0 Å². The predicted octanol–water partition coefficient (Wildman–Crippen LogP) is 2.93. The Hall–Kier alpha value is -0.320. The van der Waals surface area contributed by atoms with Gasteiger partial charge in [-0.3, -0.25) is 4.90 Å². The van der Waals surface area contributed by atoms with Gasteiger partial charge in [0.2, 0.25) is 0 Å². The molecule has 0 spiro atoms. The fourth-order valence-electron chi connectivity index (χ4n) is 2.24. The van der Waals surface area contributed by atoms with Crippen molar-refractivity contribution in [2.45, 2.75) is 32.0 Å². The minimum absolute atomic E-state index is 0.00220. The minimum atomic E-state index is -0.00220. The zero-order valence-electron chi connectivity index (χ0n) is 11.3. The van der Waals surface area contributed by atoms with Gasteiger partial charge >= 0.3 is 0 Å². The average Bonchev–Trinajstić information content (AvgIpc) is 2.36. The van der Waals surface area contributed by atoms with Crippen LogP contribution in [0.15, 0.2) is 18.2 Å². The van der Waals surface area contributed by atoms with E-state index in [0.29, 0.717) is 23.2 Å². The molecule has 0 aliphatic carbocycles. The van der Waals surface area contributed by atoms with Crippen LogP contribution in [0.2, 0.25) is 10.0 Å². The van der Waals surface area contributed by atoms with E-state index in [-0.39, 0.29) is 11.6 Å². The summed E-state index contributed by atoms with van der Waals surface area (Å²) < 4.78 is 5.74. The summed E-state index contributed by atoms with van der Waals surface area (Å²) in [5.74, 6) is 0. The normalized spacial score (nSPS) is 23.5. The van der Waals surface area contributed by atoms with Gasteiger partial charge in [-0.15, -0.1) is 0 Å². The number of nitrogens with zero attached hydrogens (tertiary/aromatic N) is 1. The number of hydrogen-bond donors (Lipinski definition) is 1. The predicted molar refractivity (Wildman–Crippen MR) is 79.7 cm³/mol. The van der Waals surface area contributed by atoms with Gasteiger partial charge in [-0.1, -0.05) is 29.3 Å². The molecule has 2 N–H and O–H groups in total. The second-order valence-electron chi connectivity index (χ2n) is 5.61. The van der Waals surface area contributed by atoms with Crippen molar-refractivity contribution in [3.8, 4) is 0 Å². The molecule has 0 saturated carbocycles. The Balaban J connectivity index is 2.12. The lowest BCUT2D eigenvalue weighted by Crippen LogP contribution is -2.57. The number of ether oxygens (including phenoxy) is 1. The summed E-state index contributed by atoms with van der Waals surface area (Å²) in [6.45, 7) is 7.26. The highest BCUT2D eigenvalue weighted by molar-refractivity contribution is 6.42. The van der Waals surface area contributed by atoms with Crippen LogP contribution in [0.25, 0.3) is 0 Å². The number of hydrogen-bond acceptors (Lipinski definition) is 3. The van der Waals surface area contributed by atoms with Crippen molar-refractivity contribution in [1.29, 1.82) is 0 Å². The summed E-state index contributed by atoms with van der Waals surface area (Å²) in [7, 11) is 0. The van der Waals surface area contributed by atoms with Crippen LogP contribution in [0.4, 0.5) is 0 Å². The molecule has 0 radical (unpaired) electrons. The van der Waals surface area contributed by atoms with E-state index in [0.717, 1.165) is 18.7 Å². The summed E-state index contributed by atoms with van der Waals surface area (Å²) in [6, 6.07) is 5.77. The van der Waals surface area contributed by atoms with Crippen LogP contribution in [0.3, 0.4) is 0 Å². The molecule has 1 atom stereocenters. The van der Waals surface area contributed by atoms with Gasteiger partial charge in [0.1, 0.15) is 0 Å². The molecule has 1 aliphatic heterocycles. The van der Waals surface area contributed by atoms with E-state index in [2.05, 4.69) is 18.7 Å². The SMILES string of the molecule is CC1(C)COC(CN)CN1Cc1ccc(Cl)c(Cl)c1. The monoisotopic (exact) mass is 302 g/mol. The van der Waals surface area contributed by atoms with Gasteiger partial charge < -0.3 is 10.5 Å². The molecule has 5 heteroatoms. The molecular formula is C14H20Cl2N2O. The third kappa shape index (κ3) is 3.61. The van der Waals surface area contributed by atoms with Crippen molar-refractivity contribution >= 4 is 23.2 Å². The van der Waals surface area contributed by atoms with Crippen LogP contribution in [0.1, 0.15) is 19.4 Å². The van der Waals surface area contributed by atoms with Crippen molar-refractivity contribution in [1.82, 2.24) is 4.90 Å². The number of morpholine rings is 1. The maximum absolute atomic E-state index is 6.06. The summed E-state index contributed by atoms with van der Waals surface area (Å²) >= 11 is 12.0. The summed E-state index contributed by atoms with van der Waals surface area (Å²) in [4.78, 5) is 2.38. The highest BCUT2D eigenvalue weighted by Gasteiger charge is 2.34. The zero-order chi connectivity index (χ0) is 14.0. The van der Waals surface area contributed by atoms with Gasteiger partial charge in [0, 0.05) is 25.2 Å². The van der Waals surface area contributed by atoms with Crippen molar-refractivity contribution in [2.75, 3.05) is 19.7 Å². The first kappa shape index (κ1) is 15.1. The molecule has 19 heavy (non-hydrogen) atoms. The highest BCUT2D eigenvalue weighted by atomic mass is 35.5. The van der Waals surface area contributed by atoms with Crippen molar-refractivity contribution in [2.24, 2.45) is 5.73 Å². The minimum Gasteiger partial charge on any atom is -0.374 e. The molecule has 1 heterocycles. The Bertz CT molecular complexity index is 451. The second-order valence-corrected chi connectivity index (χ2v) is 6.42. The third-order valence-electron chi connectivity index (χ3n) is 3.57. The first-order chi connectivity index (χ1) is 8.92. The quantitative estimate of drug-likeness (QED) is 0.933. The fourth-order valence-corrected chi connectivity index (χ4v) is 2.56. The van der Waals surface area contributed by atoms with Crippen molar-refractivity contribution < 1.29 is 4.74 Å². The number of nitrogens with two attached hydrogens (primary N) is 1. The topological polar surface area (TPSA) is 38.5 Å². The summed E-state index contributed by atoms with van der Waals surface area (Å²) in [5, 5.41) is 1.19. The van der Waals surface area contributed by atoms with E-state index in [1.807, 2.05) is 18.2 Å². The van der Waals surface area contributed by atoms with Gasteiger partial charge in [-0.05, 0) is 31.5 Å². The molecule has 1 aliphatic rings. The van der Waals surface area contributed by atoms with Crippen LogP contribution in [0.5, 0.6) is 0 Å². The summed E-state index contributed by atoms with van der Waals surface area (Å²) in [6.07, 6.45) is 0.107. The smallest absolute Gasteiger partial charge is 0.0825 e. The average molecular weight is 303 g/mol. The number of rotatable bonds is 3. The van der Waals surface area contributed by atoms with E-state index in [1.54, 1.807) is 0 Å². The molecule has 1 saturated heterocycles. The largest absolute Gasteiger partial charge is 0.374 e. The maximum Gasteiger partial charge on any atom is 0.0825 e. The molecule has 0 bridgehead atoms. The standard InChI is InChI=1S/C14H20Cl2N2O/c1-14(2)9-19-11(6-17)8-18(14)7-10-3-4-12(15)13(16)5-10/h3-5,11H,6-9,17H2,1-2H3. The lowest BCUT2D eigenvalue weighted by molar-refractivity contribution is -0.0981. The Morgan fingerprint density at radius 1 is 1.37 bits per heavy atom. The molecular weight excluding hydrogens is 283 g/mol. The van der Waals surface area contributed by atoms with E-state index in [1.165, 1.54) is 0 Å². The van der Waals surface area contributed by atoms with E-state index in [9.17, 15) is 0 Å². The Morgan fingerprint density at radius 3 is 2.74 bits per heavy atom. The first-order valence-electron chi connectivity index (χ1n) is 6.43. The Kier molecular flexibility index (Phi) is 4.75. The van der Waals surface area contributed by atoms with Gasteiger partial charge in [-0.2, -0.15) is 0 Å². The Morgan fingerprint density at radius 2 is 2.11 bits per heavy atom. The van der Waals surface area contributed by atoms with Crippen LogP contribution in [-0.4, -0.2) is 36.2 Å². The molecule has 0 aromatic heterocycles.